The molecule has 1 N–H and O–H groups in total. The molecule has 4 aromatic rings. The molecule has 4 rings (SSSR count). The molecule has 0 spiro atoms. The van der Waals surface area contributed by atoms with Crippen molar-refractivity contribution in [2.75, 3.05) is 7.11 Å². The van der Waals surface area contributed by atoms with Crippen molar-refractivity contribution in [1.82, 2.24) is 20.2 Å². The van der Waals surface area contributed by atoms with Gasteiger partial charge in [-0.1, -0.05) is 23.4 Å². The number of methoxy groups -OCH3 is 1. The van der Waals surface area contributed by atoms with E-state index in [1.54, 1.807) is 30.3 Å². The van der Waals surface area contributed by atoms with E-state index in [1.807, 2.05) is 0 Å². The number of esters is 1. The Morgan fingerprint density at radius 3 is 2.76 bits per heavy atom. The summed E-state index contributed by atoms with van der Waals surface area (Å²) in [6, 6.07) is 11.6. The van der Waals surface area contributed by atoms with Gasteiger partial charge in [0.05, 0.1) is 29.3 Å². The van der Waals surface area contributed by atoms with Crippen molar-refractivity contribution < 1.29 is 13.9 Å². The van der Waals surface area contributed by atoms with Crippen molar-refractivity contribution in [3.8, 4) is 11.5 Å². The molecule has 2 heterocycles. The Morgan fingerprint density at radius 1 is 1.21 bits per heavy atom. The van der Waals surface area contributed by atoms with Crippen LogP contribution in [0.25, 0.3) is 22.4 Å². The van der Waals surface area contributed by atoms with Gasteiger partial charge in [-0.25, -0.2) is 9.78 Å². The number of ether oxygens (including phenoxy) is 1. The quantitative estimate of drug-likeness (QED) is 0.378. The molecular weight excluding hydrogens is 416 g/mol. The lowest BCUT2D eigenvalue weighted by Crippen LogP contribution is -2.12. The number of aromatic nitrogens is 4. The van der Waals surface area contributed by atoms with Crippen LogP contribution < -0.4 is 5.56 Å². The Kier molecular flexibility index (Phi) is 5.32. The molecule has 0 atom stereocenters. The standard InChI is InChI=1S/C19H13ClN4O4S/c1-27-18(26)11-4-7-13-14(8-11)21-15(22-16(13)25)9-29-19-24-23-17(28-19)10-2-5-12(20)6-3-10/h2-8H,9H2,1H3,(H,21,22,25). The van der Waals surface area contributed by atoms with Gasteiger partial charge in [-0.15, -0.1) is 10.2 Å². The molecule has 0 aliphatic carbocycles. The van der Waals surface area contributed by atoms with E-state index in [0.717, 1.165) is 5.56 Å². The second-order valence-electron chi connectivity index (χ2n) is 5.90. The highest BCUT2D eigenvalue weighted by Crippen LogP contribution is 2.26. The third-order valence-corrected chi connectivity index (χ3v) is 5.09. The van der Waals surface area contributed by atoms with Crippen LogP contribution in [0.4, 0.5) is 0 Å². The van der Waals surface area contributed by atoms with Gasteiger partial charge >= 0.3 is 5.97 Å². The number of carbonyl (C=O) groups excluding carboxylic acids is 1. The van der Waals surface area contributed by atoms with E-state index in [-0.39, 0.29) is 5.56 Å². The first-order valence-corrected chi connectivity index (χ1v) is 9.73. The highest BCUT2D eigenvalue weighted by molar-refractivity contribution is 7.98. The van der Waals surface area contributed by atoms with Crippen molar-refractivity contribution in [1.29, 1.82) is 0 Å². The first kappa shape index (κ1) is 19.2. The molecule has 29 heavy (non-hydrogen) atoms. The molecule has 2 aromatic heterocycles. The third-order valence-electron chi connectivity index (χ3n) is 4.01. The molecule has 10 heteroatoms. The van der Waals surface area contributed by atoms with Crippen LogP contribution >= 0.6 is 23.4 Å². The lowest BCUT2D eigenvalue weighted by atomic mass is 10.1. The van der Waals surface area contributed by atoms with Crippen LogP contribution in [0.2, 0.25) is 5.02 Å². The van der Waals surface area contributed by atoms with Crippen molar-refractivity contribution in [3.63, 3.8) is 0 Å². The van der Waals surface area contributed by atoms with Gasteiger partial charge in [-0.3, -0.25) is 4.79 Å². The highest BCUT2D eigenvalue weighted by Gasteiger charge is 2.12. The number of nitrogens with zero attached hydrogens (tertiary/aromatic N) is 3. The van der Waals surface area contributed by atoms with E-state index in [9.17, 15) is 9.59 Å². The molecule has 0 amide bonds. The van der Waals surface area contributed by atoms with Crippen LogP contribution in [0.1, 0.15) is 16.2 Å². The lowest BCUT2D eigenvalue weighted by Gasteiger charge is -2.04. The lowest BCUT2D eigenvalue weighted by molar-refractivity contribution is 0.0601. The topological polar surface area (TPSA) is 111 Å². The van der Waals surface area contributed by atoms with E-state index in [4.69, 9.17) is 20.8 Å². The molecule has 0 radical (unpaired) electrons. The molecule has 146 valence electrons. The van der Waals surface area contributed by atoms with Crippen molar-refractivity contribution >= 4 is 40.2 Å². The van der Waals surface area contributed by atoms with E-state index in [1.165, 1.54) is 31.0 Å². The third kappa shape index (κ3) is 4.15. The molecule has 0 unspecified atom stereocenters. The average molecular weight is 429 g/mol. The van der Waals surface area contributed by atoms with Crippen LogP contribution in [-0.4, -0.2) is 33.2 Å². The molecule has 0 saturated heterocycles. The van der Waals surface area contributed by atoms with E-state index >= 15 is 0 Å². The van der Waals surface area contributed by atoms with Crippen molar-refractivity contribution in [2.24, 2.45) is 0 Å². The summed E-state index contributed by atoms with van der Waals surface area (Å²) in [7, 11) is 1.29. The van der Waals surface area contributed by atoms with Gasteiger partial charge in [0.2, 0.25) is 5.89 Å². The summed E-state index contributed by atoms with van der Waals surface area (Å²) in [6.45, 7) is 0. The molecule has 0 aliphatic rings. The zero-order chi connectivity index (χ0) is 20.4. The summed E-state index contributed by atoms with van der Waals surface area (Å²) in [4.78, 5) is 31.1. The number of H-pyrrole nitrogens is 1. The highest BCUT2D eigenvalue weighted by atomic mass is 35.5. The molecule has 2 aromatic carbocycles. The monoisotopic (exact) mass is 428 g/mol. The fraction of sp³-hybridized carbons (Fsp3) is 0.105. The van der Waals surface area contributed by atoms with Crippen LogP contribution in [-0.2, 0) is 10.5 Å². The van der Waals surface area contributed by atoms with Crippen molar-refractivity contribution in [2.45, 2.75) is 11.0 Å². The maximum Gasteiger partial charge on any atom is 0.337 e. The zero-order valence-corrected chi connectivity index (χ0v) is 16.6. The smallest absolute Gasteiger partial charge is 0.337 e. The van der Waals surface area contributed by atoms with E-state index < -0.39 is 5.97 Å². The predicted octanol–water partition coefficient (Wildman–Crippen LogP) is 3.71. The molecule has 0 saturated carbocycles. The number of fused-ring (bicyclic) bond motifs is 1. The Labute approximate surface area is 173 Å². The zero-order valence-electron chi connectivity index (χ0n) is 15.0. The summed E-state index contributed by atoms with van der Waals surface area (Å²) < 4.78 is 10.3. The molecular formula is C19H13ClN4O4S. The maximum absolute atomic E-state index is 12.3. The number of nitrogens with one attached hydrogen (secondary N) is 1. The number of rotatable bonds is 5. The summed E-state index contributed by atoms with van der Waals surface area (Å²) >= 11 is 7.11. The number of hydrogen-bond acceptors (Lipinski definition) is 8. The summed E-state index contributed by atoms with van der Waals surface area (Å²) in [5, 5.41) is 9.34. The van der Waals surface area contributed by atoms with Crippen LogP contribution in [0.3, 0.4) is 0 Å². The number of thioether (sulfide) groups is 1. The fourth-order valence-corrected chi connectivity index (χ4v) is 3.37. The SMILES string of the molecule is COC(=O)c1ccc2c(=O)[nH]c(CSc3nnc(-c4ccc(Cl)cc4)o3)nc2c1. The Bertz CT molecular complexity index is 1250. The van der Waals surface area contributed by atoms with E-state index in [2.05, 4.69) is 20.2 Å². The summed E-state index contributed by atoms with van der Waals surface area (Å²) in [6.07, 6.45) is 0. The van der Waals surface area contributed by atoms with Crippen molar-refractivity contribution in [3.05, 3.63) is 69.2 Å². The van der Waals surface area contributed by atoms with Gasteiger partial charge in [0.1, 0.15) is 5.82 Å². The Hall–Kier alpha value is -3.17. The molecule has 0 bridgehead atoms. The molecule has 0 aliphatic heterocycles. The largest absolute Gasteiger partial charge is 0.465 e. The van der Waals surface area contributed by atoms with Gasteiger partial charge in [0.25, 0.3) is 10.8 Å². The Morgan fingerprint density at radius 2 is 2.00 bits per heavy atom. The molecule has 8 nitrogen and oxygen atoms in total. The molecule has 0 fully saturated rings. The van der Waals surface area contributed by atoms with Crippen LogP contribution in [0.5, 0.6) is 0 Å². The summed E-state index contributed by atoms with van der Waals surface area (Å²) in [5.41, 5.74) is 1.18. The number of carbonyl (C=O) groups is 1. The Balaban J connectivity index is 1.54. The minimum Gasteiger partial charge on any atom is -0.465 e. The number of hydrogen-bond donors (Lipinski definition) is 1. The average Bonchev–Trinajstić information content (AvgIpc) is 3.21. The van der Waals surface area contributed by atoms with Gasteiger partial charge in [-0.05, 0) is 42.5 Å². The van der Waals surface area contributed by atoms with Crippen LogP contribution in [0, 0.1) is 0 Å². The fourth-order valence-electron chi connectivity index (χ4n) is 2.61. The van der Waals surface area contributed by atoms with Gasteiger partial charge in [0.15, 0.2) is 0 Å². The maximum atomic E-state index is 12.3. The van der Waals surface area contributed by atoms with Gasteiger partial charge in [0, 0.05) is 10.6 Å². The summed E-state index contributed by atoms with van der Waals surface area (Å²) in [5.74, 6) is 0.591. The minimum atomic E-state index is -0.495. The second-order valence-corrected chi connectivity index (χ2v) is 7.27. The van der Waals surface area contributed by atoms with E-state index in [0.29, 0.717) is 44.2 Å². The number of halogens is 1. The number of aromatic amines is 1. The van der Waals surface area contributed by atoms with Gasteiger partial charge < -0.3 is 14.1 Å². The second kappa shape index (κ2) is 8.06. The normalized spacial score (nSPS) is 11.0. The van der Waals surface area contributed by atoms with Crippen LogP contribution in [0.15, 0.2) is 56.9 Å². The number of benzene rings is 2. The minimum absolute atomic E-state index is 0.297. The van der Waals surface area contributed by atoms with Gasteiger partial charge in [-0.2, -0.15) is 0 Å². The first-order chi connectivity index (χ1) is 14.0. The predicted molar refractivity (Wildman–Crippen MR) is 108 cm³/mol. The first-order valence-electron chi connectivity index (χ1n) is 8.37.